The number of aliphatic hydroxyl groups excluding tert-OH is 1. The molecule has 1 heterocycles. The van der Waals surface area contributed by atoms with Crippen LogP contribution in [0, 0.1) is 0 Å². The molecule has 1 fully saturated rings. The summed E-state index contributed by atoms with van der Waals surface area (Å²) in [4.78, 5) is 2.32. The van der Waals surface area contributed by atoms with Gasteiger partial charge in [0.2, 0.25) is 0 Å². The maximum atomic E-state index is 9.19. The van der Waals surface area contributed by atoms with Crippen molar-refractivity contribution in [2.45, 2.75) is 31.5 Å². The highest BCUT2D eigenvalue weighted by molar-refractivity contribution is 6.31. The van der Waals surface area contributed by atoms with E-state index in [1.54, 1.807) is 0 Å². The number of nitrogens with two attached hydrogens (primary N) is 1. The van der Waals surface area contributed by atoms with Gasteiger partial charge in [-0.1, -0.05) is 29.8 Å². The number of morpholine rings is 1. The minimum Gasteiger partial charge on any atom is -0.394 e. The van der Waals surface area contributed by atoms with Crippen molar-refractivity contribution in [2.75, 3.05) is 26.3 Å². The lowest BCUT2D eigenvalue weighted by Gasteiger charge is -2.37. The maximum Gasteiger partial charge on any atom is 0.0933 e. The molecule has 3 N–H and O–H groups in total. The number of nitrogens with zero attached hydrogens (tertiary/aromatic N) is 1. The maximum absolute atomic E-state index is 9.19. The van der Waals surface area contributed by atoms with E-state index in [9.17, 15) is 5.11 Å². The fourth-order valence-corrected chi connectivity index (χ4v) is 2.81. The summed E-state index contributed by atoms with van der Waals surface area (Å²) in [6.45, 7) is 4.50. The zero-order valence-electron chi connectivity index (χ0n) is 11.8. The molecule has 1 aliphatic rings. The van der Waals surface area contributed by atoms with Crippen molar-refractivity contribution in [3.05, 3.63) is 34.9 Å². The van der Waals surface area contributed by atoms with Gasteiger partial charge in [0, 0.05) is 30.2 Å². The largest absolute Gasteiger partial charge is 0.394 e. The second-order valence-electron chi connectivity index (χ2n) is 5.40. The molecule has 0 amide bonds. The highest BCUT2D eigenvalue weighted by Gasteiger charge is 2.25. The van der Waals surface area contributed by atoms with E-state index in [1.807, 2.05) is 24.3 Å². The van der Waals surface area contributed by atoms with E-state index in [0.717, 1.165) is 30.1 Å². The summed E-state index contributed by atoms with van der Waals surface area (Å²) in [5.74, 6) is 0. The van der Waals surface area contributed by atoms with Crippen molar-refractivity contribution in [1.82, 2.24) is 4.90 Å². The fraction of sp³-hybridized carbons (Fsp3) is 0.600. The zero-order chi connectivity index (χ0) is 14.5. The lowest BCUT2D eigenvalue weighted by atomic mass is 10.0. The molecule has 112 valence electrons. The number of aliphatic hydroxyl groups is 1. The van der Waals surface area contributed by atoms with Gasteiger partial charge in [-0.3, -0.25) is 4.90 Å². The molecule has 5 heteroatoms. The van der Waals surface area contributed by atoms with Gasteiger partial charge >= 0.3 is 0 Å². The molecule has 1 aromatic rings. The van der Waals surface area contributed by atoms with Gasteiger partial charge in [0.1, 0.15) is 0 Å². The van der Waals surface area contributed by atoms with Gasteiger partial charge in [-0.25, -0.2) is 0 Å². The predicted molar refractivity (Wildman–Crippen MR) is 80.9 cm³/mol. The van der Waals surface area contributed by atoms with Gasteiger partial charge < -0.3 is 15.6 Å². The van der Waals surface area contributed by atoms with E-state index >= 15 is 0 Å². The van der Waals surface area contributed by atoms with E-state index in [2.05, 4.69) is 11.8 Å². The quantitative estimate of drug-likeness (QED) is 0.870. The van der Waals surface area contributed by atoms with Crippen LogP contribution in [-0.2, 0) is 4.74 Å². The standard InChI is InChI=1S/C15H23ClN2O2/c1-11-10-20-12(9-19)8-18(11)7-6-15(17)13-4-2-3-5-14(13)16/h2-5,11-12,15,19H,6-10,17H2,1H3. The number of ether oxygens (including phenoxy) is 1. The Kier molecular flexibility index (Phi) is 5.81. The molecule has 1 saturated heterocycles. The third-order valence-corrected chi connectivity index (χ3v) is 4.21. The molecule has 2 rings (SSSR count). The van der Waals surface area contributed by atoms with E-state index in [0.29, 0.717) is 12.6 Å². The summed E-state index contributed by atoms with van der Waals surface area (Å²) < 4.78 is 5.54. The Morgan fingerprint density at radius 3 is 2.95 bits per heavy atom. The second-order valence-corrected chi connectivity index (χ2v) is 5.81. The van der Waals surface area contributed by atoms with E-state index < -0.39 is 0 Å². The lowest BCUT2D eigenvalue weighted by molar-refractivity contribution is -0.0782. The Balaban J connectivity index is 1.89. The molecular formula is C15H23ClN2O2. The second kappa shape index (κ2) is 7.38. The fourth-order valence-electron chi connectivity index (χ4n) is 2.53. The minimum absolute atomic E-state index is 0.0636. The Hall–Kier alpha value is -0.650. The van der Waals surface area contributed by atoms with Crippen molar-refractivity contribution in [3.63, 3.8) is 0 Å². The summed E-state index contributed by atoms with van der Waals surface area (Å²) in [5.41, 5.74) is 7.23. The Labute approximate surface area is 125 Å². The van der Waals surface area contributed by atoms with Crippen molar-refractivity contribution in [2.24, 2.45) is 5.73 Å². The summed E-state index contributed by atoms with van der Waals surface area (Å²) in [6, 6.07) is 8.01. The van der Waals surface area contributed by atoms with Crippen LogP contribution >= 0.6 is 11.6 Å². The van der Waals surface area contributed by atoms with Crippen LogP contribution in [0.4, 0.5) is 0 Å². The van der Waals surface area contributed by atoms with Crippen molar-refractivity contribution >= 4 is 11.6 Å². The summed E-state index contributed by atoms with van der Waals surface area (Å²) in [5, 5.41) is 9.92. The van der Waals surface area contributed by atoms with Gasteiger partial charge in [0.25, 0.3) is 0 Å². The van der Waals surface area contributed by atoms with Crippen LogP contribution in [0.1, 0.15) is 24.9 Å². The zero-order valence-corrected chi connectivity index (χ0v) is 12.6. The van der Waals surface area contributed by atoms with Crippen LogP contribution in [-0.4, -0.2) is 48.5 Å². The molecule has 3 unspecified atom stereocenters. The van der Waals surface area contributed by atoms with Crippen LogP contribution < -0.4 is 5.73 Å². The molecule has 3 atom stereocenters. The molecule has 0 aromatic heterocycles. The first kappa shape index (κ1) is 15.7. The molecule has 0 saturated carbocycles. The van der Waals surface area contributed by atoms with Crippen molar-refractivity contribution in [3.8, 4) is 0 Å². The smallest absolute Gasteiger partial charge is 0.0933 e. The molecule has 0 spiro atoms. The number of hydrogen-bond acceptors (Lipinski definition) is 4. The highest BCUT2D eigenvalue weighted by atomic mass is 35.5. The van der Waals surface area contributed by atoms with Gasteiger partial charge in [-0.2, -0.15) is 0 Å². The molecule has 4 nitrogen and oxygen atoms in total. The monoisotopic (exact) mass is 298 g/mol. The molecule has 20 heavy (non-hydrogen) atoms. The van der Waals surface area contributed by atoms with Gasteiger partial charge in [-0.05, 0) is 25.0 Å². The summed E-state index contributed by atoms with van der Waals surface area (Å²) in [7, 11) is 0. The summed E-state index contributed by atoms with van der Waals surface area (Å²) >= 11 is 6.17. The third-order valence-electron chi connectivity index (χ3n) is 3.87. The van der Waals surface area contributed by atoms with Gasteiger partial charge in [0.15, 0.2) is 0 Å². The first-order valence-electron chi connectivity index (χ1n) is 7.08. The Bertz CT molecular complexity index is 430. The van der Waals surface area contributed by atoms with Crippen LogP contribution in [0.3, 0.4) is 0 Å². The molecule has 0 radical (unpaired) electrons. The van der Waals surface area contributed by atoms with Crippen LogP contribution in [0.25, 0.3) is 0 Å². The van der Waals surface area contributed by atoms with E-state index in [-0.39, 0.29) is 18.8 Å². The number of rotatable bonds is 5. The van der Waals surface area contributed by atoms with E-state index in [1.165, 1.54) is 0 Å². The molecule has 0 aliphatic carbocycles. The molecule has 1 aromatic carbocycles. The Morgan fingerprint density at radius 1 is 1.50 bits per heavy atom. The number of benzene rings is 1. The first-order chi connectivity index (χ1) is 9.61. The highest BCUT2D eigenvalue weighted by Crippen LogP contribution is 2.24. The van der Waals surface area contributed by atoms with E-state index in [4.69, 9.17) is 22.1 Å². The third kappa shape index (κ3) is 3.93. The van der Waals surface area contributed by atoms with Gasteiger partial charge in [-0.15, -0.1) is 0 Å². The number of hydrogen-bond donors (Lipinski definition) is 2. The van der Waals surface area contributed by atoms with Crippen LogP contribution in [0.5, 0.6) is 0 Å². The van der Waals surface area contributed by atoms with Crippen molar-refractivity contribution in [1.29, 1.82) is 0 Å². The van der Waals surface area contributed by atoms with Gasteiger partial charge in [0.05, 0.1) is 19.3 Å². The number of halogens is 1. The average molecular weight is 299 g/mol. The topological polar surface area (TPSA) is 58.7 Å². The lowest BCUT2D eigenvalue weighted by Crippen LogP contribution is -2.50. The average Bonchev–Trinajstić information content (AvgIpc) is 2.46. The van der Waals surface area contributed by atoms with Crippen molar-refractivity contribution < 1.29 is 9.84 Å². The Morgan fingerprint density at radius 2 is 2.25 bits per heavy atom. The molecule has 0 bridgehead atoms. The SMILES string of the molecule is CC1COC(CO)CN1CCC(N)c1ccccc1Cl. The summed E-state index contributed by atoms with van der Waals surface area (Å²) in [6.07, 6.45) is 0.759. The molecular weight excluding hydrogens is 276 g/mol. The van der Waals surface area contributed by atoms with Crippen LogP contribution in [0.15, 0.2) is 24.3 Å². The first-order valence-corrected chi connectivity index (χ1v) is 7.46. The predicted octanol–water partition coefficient (Wildman–Crippen LogP) is 1.81. The normalized spacial score (nSPS) is 25.6. The molecule has 1 aliphatic heterocycles. The van der Waals surface area contributed by atoms with Crippen LogP contribution in [0.2, 0.25) is 5.02 Å². The minimum atomic E-state index is -0.0808.